The highest BCUT2D eigenvalue weighted by Gasteiger charge is 2.16. The predicted molar refractivity (Wildman–Crippen MR) is 115 cm³/mol. The van der Waals surface area contributed by atoms with Gasteiger partial charge in [0.1, 0.15) is 6.61 Å². The predicted octanol–water partition coefficient (Wildman–Crippen LogP) is 4.85. The van der Waals surface area contributed by atoms with E-state index in [4.69, 9.17) is 4.74 Å². The number of methoxy groups -OCH3 is 1. The number of para-hydroxylation sites is 1. The normalized spacial score (nSPS) is 10.2. The topological polar surface area (TPSA) is 81.7 Å². The van der Waals surface area contributed by atoms with Gasteiger partial charge in [-0.05, 0) is 36.4 Å². The Hall–Kier alpha value is -3.45. The third-order valence-electron chi connectivity index (χ3n) is 4.26. The lowest BCUT2D eigenvalue weighted by atomic mass is 10.1. The maximum Gasteiger partial charge on any atom is 0.340 e. The molecular weight excluding hydrogens is 450 g/mol. The zero-order valence-corrected chi connectivity index (χ0v) is 17.6. The highest BCUT2D eigenvalue weighted by atomic mass is 79.9. The van der Waals surface area contributed by atoms with Crippen molar-refractivity contribution in [2.45, 2.75) is 6.61 Å². The molecule has 7 heteroatoms. The Kier molecular flexibility index (Phi) is 6.98. The smallest absolute Gasteiger partial charge is 0.340 e. The van der Waals surface area contributed by atoms with Crippen LogP contribution in [-0.2, 0) is 16.1 Å². The van der Waals surface area contributed by atoms with E-state index in [1.807, 2.05) is 6.07 Å². The van der Waals surface area contributed by atoms with Crippen LogP contribution in [0.25, 0.3) is 0 Å². The molecule has 0 aliphatic carbocycles. The highest BCUT2D eigenvalue weighted by molar-refractivity contribution is 9.10. The maximum absolute atomic E-state index is 12.6. The van der Waals surface area contributed by atoms with E-state index in [1.165, 1.54) is 7.11 Å². The van der Waals surface area contributed by atoms with Crippen LogP contribution in [0.5, 0.6) is 0 Å². The van der Waals surface area contributed by atoms with Gasteiger partial charge < -0.3 is 14.8 Å². The van der Waals surface area contributed by atoms with Gasteiger partial charge >= 0.3 is 11.9 Å². The average molecular weight is 468 g/mol. The molecule has 0 bridgehead atoms. The monoisotopic (exact) mass is 467 g/mol. The molecule has 6 nitrogen and oxygen atoms in total. The van der Waals surface area contributed by atoms with Crippen LogP contribution in [0.2, 0.25) is 0 Å². The molecule has 0 aromatic heterocycles. The van der Waals surface area contributed by atoms with Crippen LogP contribution in [0.15, 0.2) is 77.3 Å². The summed E-state index contributed by atoms with van der Waals surface area (Å²) in [4.78, 5) is 36.6. The fourth-order valence-electron chi connectivity index (χ4n) is 2.68. The quantitative estimate of drug-likeness (QED) is 0.524. The van der Waals surface area contributed by atoms with Crippen LogP contribution in [0.4, 0.5) is 5.69 Å². The number of hydrogen-bond donors (Lipinski definition) is 1. The van der Waals surface area contributed by atoms with Crippen LogP contribution < -0.4 is 5.32 Å². The molecule has 152 valence electrons. The Bertz CT molecular complexity index is 1080. The van der Waals surface area contributed by atoms with Crippen molar-refractivity contribution in [3.8, 4) is 0 Å². The molecule has 0 radical (unpaired) electrons. The van der Waals surface area contributed by atoms with Crippen LogP contribution >= 0.6 is 15.9 Å². The van der Waals surface area contributed by atoms with Gasteiger partial charge in [0.05, 0.1) is 23.9 Å². The summed E-state index contributed by atoms with van der Waals surface area (Å²) in [6.45, 7) is -0.0121. The Morgan fingerprint density at radius 2 is 1.57 bits per heavy atom. The molecule has 3 rings (SSSR count). The minimum atomic E-state index is -0.581. The Morgan fingerprint density at radius 3 is 2.27 bits per heavy atom. The van der Waals surface area contributed by atoms with Gasteiger partial charge in [-0.3, -0.25) is 4.79 Å². The number of hydrogen-bond acceptors (Lipinski definition) is 5. The number of benzene rings is 3. The molecule has 0 atom stereocenters. The lowest BCUT2D eigenvalue weighted by Gasteiger charge is -2.12. The fraction of sp³-hybridized carbons (Fsp3) is 0.0870. The summed E-state index contributed by atoms with van der Waals surface area (Å²) in [6, 6.07) is 20.2. The van der Waals surface area contributed by atoms with Gasteiger partial charge in [-0.2, -0.15) is 0 Å². The molecule has 3 aromatic rings. The van der Waals surface area contributed by atoms with Crippen molar-refractivity contribution in [1.82, 2.24) is 0 Å². The van der Waals surface area contributed by atoms with Gasteiger partial charge in [0, 0.05) is 15.6 Å². The number of amides is 1. The molecule has 0 unspecified atom stereocenters. The average Bonchev–Trinajstić information content (AvgIpc) is 2.78. The molecule has 0 aliphatic rings. The molecule has 0 saturated heterocycles. The standard InChI is InChI=1S/C23H18BrNO5/c1-29-22(27)16-11-12-17(19(24)13-16)14-30-23(28)18-9-5-6-10-20(18)25-21(26)15-7-3-2-4-8-15/h2-13H,14H2,1H3,(H,25,26). The zero-order chi connectivity index (χ0) is 21.5. The van der Waals surface area contributed by atoms with Crippen LogP contribution in [0, 0.1) is 0 Å². The van der Waals surface area contributed by atoms with Gasteiger partial charge in [-0.15, -0.1) is 0 Å². The lowest BCUT2D eigenvalue weighted by Crippen LogP contribution is -2.15. The van der Waals surface area contributed by atoms with Crippen molar-refractivity contribution in [2.75, 3.05) is 12.4 Å². The molecule has 0 spiro atoms. The van der Waals surface area contributed by atoms with Crippen molar-refractivity contribution in [3.05, 3.63) is 99.5 Å². The maximum atomic E-state index is 12.6. The third kappa shape index (κ3) is 5.12. The first-order valence-electron chi connectivity index (χ1n) is 8.99. The first kappa shape index (κ1) is 21.3. The number of anilines is 1. The van der Waals surface area contributed by atoms with Gasteiger partial charge in [0.25, 0.3) is 5.91 Å². The number of halogens is 1. The van der Waals surface area contributed by atoms with Crippen molar-refractivity contribution < 1.29 is 23.9 Å². The van der Waals surface area contributed by atoms with E-state index < -0.39 is 11.9 Å². The molecule has 3 aromatic carbocycles. The second kappa shape index (κ2) is 9.84. The minimum Gasteiger partial charge on any atom is -0.465 e. The summed E-state index contributed by atoms with van der Waals surface area (Å²) < 4.78 is 10.7. The molecule has 0 fully saturated rings. The Balaban J connectivity index is 1.71. The largest absolute Gasteiger partial charge is 0.465 e. The zero-order valence-electron chi connectivity index (χ0n) is 16.1. The number of esters is 2. The van der Waals surface area contributed by atoms with Gasteiger partial charge in [0.2, 0.25) is 0 Å². The lowest BCUT2D eigenvalue weighted by molar-refractivity contribution is 0.0472. The van der Waals surface area contributed by atoms with Gasteiger partial charge in [0.15, 0.2) is 0 Å². The van der Waals surface area contributed by atoms with Crippen molar-refractivity contribution >= 4 is 39.5 Å². The van der Waals surface area contributed by atoms with Crippen LogP contribution in [0.3, 0.4) is 0 Å². The van der Waals surface area contributed by atoms with E-state index in [9.17, 15) is 14.4 Å². The van der Waals surface area contributed by atoms with Crippen LogP contribution in [0.1, 0.15) is 36.6 Å². The molecule has 1 amide bonds. The van der Waals surface area contributed by atoms with E-state index in [-0.39, 0.29) is 18.1 Å². The van der Waals surface area contributed by atoms with E-state index >= 15 is 0 Å². The molecule has 30 heavy (non-hydrogen) atoms. The van der Waals surface area contributed by atoms with E-state index in [2.05, 4.69) is 26.0 Å². The molecule has 0 aliphatic heterocycles. The summed E-state index contributed by atoms with van der Waals surface area (Å²) >= 11 is 3.37. The first-order chi connectivity index (χ1) is 14.5. The number of carbonyl (C=O) groups is 3. The number of nitrogens with one attached hydrogen (secondary N) is 1. The number of ether oxygens (including phenoxy) is 2. The van der Waals surface area contributed by atoms with Crippen molar-refractivity contribution in [2.24, 2.45) is 0 Å². The summed E-state index contributed by atoms with van der Waals surface area (Å²) in [7, 11) is 1.31. The summed E-state index contributed by atoms with van der Waals surface area (Å²) in [6.07, 6.45) is 0. The summed E-state index contributed by atoms with van der Waals surface area (Å²) in [5, 5.41) is 2.74. The SMILES string of the molecule is COC(=O)c1ccc(COC(=O)c2ccccc2NC(=O)c2ccccc2)c(Br)c1. The van der Waals surface area contributed by atoms with Crippen molar-refractivity contribution in [1.29, 1.82) is 0 Å². The first-order valence-corrected chi connectivity index (χ1v) is 9.78. The Labute approximate surface area is 181 Å². The second-order valence-corrected chi connectivity index (χ2v) is 7.09. The Morgan fingerprint density at radius 1 is 0.867 bits per heavy atom. The molecule has 0 saturated carbocycles. The highest BCUT2D eigenvalue weighted by Crippen LogP contribution is 2.22. The van der Waals surface area contributed by atoms with Gasteiger partial charge in [-0.1, -0.05) is 52.3 Å². The fourth-order valence-corrected chi connectivity index (χ4v) is 3.18. The third-order valence-corrected chi connectivity index (χ3v) is 5.00. The molecule has 1 N–H and O–H groups in total. The summed E-state index contributed by atoms with van der Waals surface area (Å²) in [5.74, 6) is -1.36. The summed E-state index contributed by atoms with van der Waals surface area (Å²) in [5.41, 5.74) is 2.14. The van der Waals surface area contributed by atoms with Crippen molar-refractivity contribution in [3.63, 3.8) is 0 Å². The minimum absolute atomic E-state index is 0.0121. The van der Waals surface area contributed by atoms with E-state index in [0.29, 0.717) is 26.9 Å². The van der Waals surface area contributed by atoms with E-state index in [1.54, 1.807) is 66.7 Å². The van der Waals surface area contributed by atoms with E-state index in [0.717, 1.165) is 0 Å². The van der Waals surface area contributed by atoms with Gasteiger partial charge in [-0.25, -0.2) is 9.59 Å². The number of carbonyl (C=O) groups excluding carboxylic acids is 3. The molecule has 0 heterocycles. The number of rotatable bonds is 6. The second-order valence-electron chi connectivity index (χ2n) is 6.24. The van der Waals surface area contributed by atoms with Crippen LogP contribution in [-0.4, -0.2) is 25.0 Å². The molecular formula is C23H18BrNO5.